The Hall–Kier alpha value is -0.620. The predicted molar refractivity (Wildman–Crippen MR) is 62.1 cm³/mol. The summed E-state index contributed by atoms with van der Waals surface area (Å²) in [7, 11) is 0. The summed E-state index contributed by atoms with van der Waals surface area (Å²) in [6.45, 7) is 2.06. The fourth-order valence-electron chi connectivity index (χ4n) is 1.10. The van der Waals surface area contributed by atoms with Crippen molar-refractivity contribution >= 4 is 40.2 Å². The molecular weight excluding hydrogens is 234 g/mol. The molecule has 0 radical (unpaired) electrons. The fraction of sp³-hybridized carbons (Fsp3) is 0.667. The molecule has 0 aromatic rings. The Labute approximate surface area is 98.3 Å². The molecule has 0 spiro atoms. The van der Waals surface area contributed by atoms with Gasteiger partial charge in [-0.2, -0.15) is 0 Å². The molecule has 15 heavy (non-hydrogen) atoms. The zero-order valence-electron chi connectivity index (χ0n) is 8.52. The van der Waals surface area contributed by atoms with Crippen LogP contribution in [-0.2, 0) is 14.4 Å². The van der Waals surface area contributed by atoms with E-state index in [1.54, 1.807) is 0 Å². The number of hydrogen-bond acceptors (Lipinski definition) is 5. The van der Waals surface area contributed by atoms with Gasteiger partial charge in [0.2, 0.25) is 0 Å². The second-order valence-electron chi connectivity index (χ2n) is 3.16. The van der Waals surface area contributed by atoms with Crippen LogP contribution in [0.5, 0.6) is 0 Å². The summed E-state index contributed by atoms with van der Waals surface area (Å²) < 4.78 is 0.323. The predicted octanol–water partition coefficient (Wildman–Crippen LogP) is 1.89. The molecule has 1 rings (SSSR count). The Morgan fingerprint density at radius 3 is 2.87 bits per heavy atom. The summed E-state index contributed by atoms with van der Waals surface area (Å²) in [6.07, 6.45) is 3.16. The number of nitrogens with zero attached hydrogens (tertiary/aromatic N) is 1. The summed E-state index contributed by atoms with van der Waals surface area (Å²) >= 11 is 6.08. The summed E-state index contributed by atoms with van der Waals surface area (Å²) in [6, 6.07) is 0. The van der Waals surface area contributed by atoms with E-state index in [1.165, 1.54) is 11.8 Å². The van der Waals surface area contributed by atoms with Crippen LogP contribution in [0.25, 0.3) is 0 Å². The topological polar surface area (TPSA) is 46.6 Å². The van der Waals surface area contributed by atoms with Gasteiger partial charge in [0, 0.05) is 6.42 Å². The first-order valence-electron chi connectivity index (χ1n) is 4.85. The zero-order valence-corrected chi connectivity index (χ0v) is 10.2. The first kappa shape index (κ1) is 12.4. The molecule has 0 unspecified atom stereocenters. The number of hydrogen-bond donors (Lipinski definition) is 0. The van der Waals surface area contributed by atoms with E-state index in [0.29, 0.717) is 10.7 Å². The number of unbranched alkanes of at least 4 members (excludes halogenated alkanes) is 2. The summed E-state index contributed by atoms with van der Waals surface area (Å²) in [5, 5.41) is 0.925. The molecule has 1 aliphatic heterocycles. The maximum Gasteiger partial charge on any atom is 0.333 e. The van der Waals surface area contributed by atoms with Gasteiger partial charge in [-0.3, -0.25) is 4.79 Å². The second kappa shape index (κ2) is 6.07. The van der Waals surface area contributed by atoms with Gasteiger partial charge < -0.3 is 4.84 Å². The Balaban J connectivity index is 2.31. The third kappa shape index (κ3) is 3.79. The first-order valence-corrected chi connectivity index (χ1v) is 6.25. The van der Waals surface area contributed by atoms with E-state index in [9.17, 15) is 9.59 Å². The fourth-order valence-corrected chi connectivity index (χ4v) is 2.03. The minimum Gasteiger partial charge on any atom is -0.332 e. The van der Waals surface area contributed by atoms with Gasteiger partial charge >= 0.3 is 5.97 Å². The highest BCUT2D eigenvalue weighted by molar-refractivity contribution is 8.23. The quantitative estimate of drug-likeness (QED) is 0.548. The van der Waals surface area contributed by atoms with Gasteiger partial charge in [0.1, 0.15) is 0 Å². The molecular formula is C9H13NO3S2. The van der Waals surface area contributed by atoms with E-state index < -0.39 is 0 Å². The third-order valence-electron chi connectivity index (χ3n) is 1.89. The van der Waals surface area contributed by atoms with Crippen LogP contribution in [0.2, 0.25) is 0 Å². The molecule has 0 aliphatic carbocycles. The maximum absolute atomic E-state index is 11.3. The molecule has 0 saturated carbocycles. The summed E-state index contributed by atoms with van der Waals surface area (Å²) in [4.78, 5) is 27.3. The number of hydroxylamine groups is 2. The van der Waals surface area contributed by atoms with Crippen LogP contribution in [0, 0.1) is 0 Å². The van der Waals surface area contributed by atoms with Crippen molar-refractivity contribution in [3.05, 3.63) is 0 Å². The van der Waals surface area contributed by atoms with Crippen molar-refractivity contribution in [3.63, 3.8) is 0 Å². The largest absolute Gasteiger partial charge is 0.333 e. The van der Waals surface area contributed by atoms with Gasteiger partial charge in [0.05, 0.1) is 5.75 Å². The lowest BCUT2D eigenvalue weighted by Gasteiger charge is -2.13. The molecule has 0 atom stereocenters. The molecule has 6 heteroatoms. The number of thioether (sulfide) groups is 1. The monoisotopic (exact) mass is 247 g/mol. The maximum atomic E-state index is 11.3. The van der Waals surface area contributed by atoms with Gasteiger partial charge in [-0.05, 0) is 18.6 Å². The van der Waals surface area contributed by atoms with Crippen molar-refractivity contribution in [2.24, 2.45) is 0 Å². The van der Waals surface area contributed by atoms with Gasteiger partial charge in [-0.15, -0.1) is 5.06 Å². The minimum absolute atomic E-state index is 0.256. The van der Waals surface area contributed by atoms with E-state index in [2.05, 4.69) is 6.92 Å². The molecule has 1 heterocycles. The van der Waals surface area contributed by atoms with Gasteiger partial charge in [0.15, 0.2) is 4.32 Å². The third-order valence-corrected chi connectivity index (χ3v) is 3.21. The molecule has 0 N–H and O–H groups in total. The SMILES string of the molecule is CCCCCC(=O)ON1C(=O)CSC1=S. The summed E-state index contributed by atoms with van der Waals surface area (Å²) in [5.41, 5.74) is 0. The number of carbonyl (C=O) groups excluding carboxylic acids is 2. The molecule has 0 bridgehead atoms. The average molecular weight is 247 g/mol. The van der Waals surface area contributed by atoms with Crippen LogP contribution < -0.4 is 0 Å². The van der Waals surface area contributed by atoms with Gasteiger partial charge in [-0.1, -0.05) is 31.5 Å². The Morgan fingerprint density at radius 2 is 2.33 bits per heavy atom. The lowest BCUT2D eigenvalue weighted by Crippen LogP contribution is -2.31. The molecule has 84 valence electrons. The second-order valence-corrected chi connectivity index (χ2v) is 4.77. The van der Waals surface area contributed by atoms with Crippen molar-refractivity contribution < 1.29 is 14.4 Å². The number of rotatable bonds is 5. The van der Waals surface area contributed by atoms with E-state index >= 15 is 0 Å². The van der Waals surface area contributed by atoms with Crippen molar-refractivity contribution in [2.45, 2.75) is 32.6 Å². The van der Waals surface area contributed by atoms with E-state index in [1.807, 2.05) is 0 Å². The van der Waals surface area contributed by atoms with Gasteiger partial charge in [0.25, 0.3) is 5.91 Å². The van der Waals surface area contributed by atoms with Crippen LogP contribution in [0.1, 0.15) is 32.6 Å². The van der Waals surface area contributed by atoms with E-state index in [4.69, 9.17) is 17.1 Å². The van der Waals surface area contributed by atoms with Crippen LogP contribution in [-0.4, -0.2) is 27.0 Å². The minimum atomic E-state index is -0.387. The van der Waals surface area contributed by atoms with Crippen molar-refractivity contribution in [1.82, 2.24) is 5.06 Å². The lowest BCUT2D eigenvalue weighted by molar-refractivity contribution is -0.179. The van der Waals surface area contributed by atoms with Crippen LogP contribution in [0.4, 0.5) is 0 Å². The molecule has 1 aliphatic rings. The van der Waals surface area contributed by atoms with Crippen molar-refractivity contribution in [3.8, 4) is 0 Å². The Bertz CT molecular complexity index is 265. The highest BCUT2D eigenvalue weighted by Crippen LogP contribution is 2.20. The van der Waals surface area contributed by atoms with E-state index in [0.717, 1.165) is 24.3 Å². The van der Waals surface area contributed by atoms with Gasteiger partial charge in [-0.25, -0.2) is 4.79 Å². The molecule has 4 nitrogen and oxygen atoms in total. The Morgan fingerprint density at radius 1 is 1.60 bits per heavy atom. The molecule has 0 aromatic heterocycles. The highest BCUT2D eigenvalue weighted by Gasteiger charge is 2.30. The smallest absolute Gasteiger partial charge is 0.332 e. The zero-order chi connectivity index (χ0) is 11.3. The van der Waals surface area contributed by atoms with Crippen LogP contribution >= 0.6 is 24.0 Å². The van der Waals surface area contributed by atoms with Crippen LogP contribution in [0.3, 0.4) is 0 Å². The molecule has 1 saturated heterocycles. The summed E-state index contributed by atoms with van der Waals surface area (Å²) in [5.74, 6) is -0.378. The normalized spacial score (nSPS) is 15.9. The van der Waals surface area contributed by atoms with Crippen molar-refractivity contribution in [1.29, 1.82) is 0 Å². The molecule has 0 aromatic carbocycles. The number of thiocarbonyl (C=S) groups is 1. The average Bonchev–Trinajstić information content (AvgIpc) is 2.50. The Kier molecular flexibility index (Phi) is 5.04. The molecule has 1 fully saturated rings. The number of amides is 1. The van der Waals surface area contributed by atoms with Crippen LogP contribution in [0.15, 0.2) is 0 Å². The standard InChI is InChI=1S/C9H13NO3S2/c1-2-3-4-5-8(12)13-10-7(11)6-15-9(10)14/h2-6H2,1H3. The van der Waals surface area contributed by atoms with E-state index in [-0.39, 0.29) is 17.6 Å². The first-order chi connectivity index (χ1) is 7.15. The highest BCUT2D eigenvalue weighted by atomic mass is 32.2. The molecule has 1 amide bonds. The number of carbonyl (C=O) groups is 2. The van der Waals surface area contributed by atoms with Crippen molar-refractivity contribution in [2.75, 3.05) is 5.75 Å². The lowest BCUT2D eigenvalue weighted by atomic mass is 10.2.